The van der Waals surface area contributed by atoms with Crippen molar-refractivity contribution in [2.24, 2.45) is 5.92 Å². The minimum atomic E-state index is -0.430. The van der Waals surface area contributed by atoms with Crippen LogP contribution in [-0.4, -0.2) is 42.8 Å². The molecule has 2 rings (SSSR count). The van der Waals surface area contributed by atoms with Gasteiger partial charge in [0.25, 0.3) is 0 Å². The molecule has 0 bridgehead atoms. The Morgan fingerprint density at radius 3 is 2.75 bits per heavy atom. The Kier molecular flexibility index (Phi) is 7.10. The average molecular weight is 332 g/mol. The summed E-state index contributed by atoms with van der Waals surface area (Å²) in [6.45, 7) is 9.77. The summed E-state index contributed by atoms with van der Waals surface area (Å²) in [5, 5.41) is 2.92. The zero-order valence-corrected chi connectivity index (χ0v) is 15.4. The van der Waals surface area contributed by atoms with Gasteiger partial charge in [0.1, 0.15) is 5.60 Å². The van der Waals surface area contributed by atoms with Crippen LogP contribution in [0.4, 0.5) is 4.79 Å². The second-order valence-corrected chi connectivity index (χ2v) is 7.78. The van der Waals surface area contributed by atoms with Crippen molar-refractivity contribution >= 4 is 6.09 Å². The van der Waals surface area contributed by atoms with E-state index in [9.17, 15) is 4.79 Å². The molecule has 0 aliphatic carbocycles. The lowest BCUT2D eigenvalue weighted by atomic mass is 9.97. The predicted molar refractivity (Wildman–Crippen MR) is 98.2 cm³/mol. The minimum absolute atomic E-state index is 0.302. The zero-order chi connectivity index (χ0) is 17.4. The Morgan fingerprint density at radius 1 is 1.29 bits per heavy atom. The predicted octanol–water partition coefficient (Wildman–Crippen LogP) is 3.86. The van der Waals surface area contributed by atoms with E-state index < -0.39 is 5.60 Å². The van der Waals surface area contributed by atoms with E-state index in [4.69, 9.17) is 4.74 Å². The maximum atomic E-state index is 11.8. The number of rotatable bonds is 6. The van der Waals surface area contributed by atoms with Gasteiger partial charge in [-0.1, -0.05) is 30.3 Å². The number of nitrogens with one attached hydrogen (secondary N) is 1. The van der Waals surface area contributed by atoms with Gasteiger partial charge >= 0.3 is 6.09 Å². The van der Waals surface area contributed by atoms with Crippen LogP contribution in [0.1, 0.15) is 45.6 Å². The highest BCUT2D eigenvalue weighted by molar-refractivity contribution is 5.67. The second kappa shape index (κ2) is 9.07. The van der Waals surface area contributed by atoms with Crippen molar-refractivity contribution in [3.05, 3.63) is 35.9 Å². The van der Waals surface area contributed by atoms with E-state index in [1.165, 1.54) is 31.4 Å². The van der Waals surface area contributed by atoms with Gasteiger partial charge in [0.2, 0.25) is 0 Å². The molecular formula is C20H32N2O2. The third-order valence-electron chi connectivity index (χ3n) is 4.32. The maximum absolute atomic E-state index is 11.8. The summed E-state index contributed by atoms with van der Waals surface area (Å²) < 4.78 is 5.31. The lowest BCUT2D eigenvalue weighted by molar-refractivity contribution is 0.0507. The molecule has 1 N–H and O–H groups in total. The first-order chi connectivity index (χ1) is 11.4. The highest BCUT2D eigenvalue weighted by Crippen LogP contribution is 2.17. The van der Waals surface area contributed by atoms with Crippen molar-refractivity contribution in [1.29, 1.82) is 0 Å². The van der Waals surface area contributed by atoms with Crippen molar-refractivity contribution in [2.45, 2.75) is 52.1 Å². The van der Waals surface area contributed by atoms with Crippen LogP contribution in [0.3, 0.4) is 0 Å². The first-order valence-electron chi connectivity index (χ1n) is 9.15. The number of amides is 1. The summed E-state index contributed by atoms with van der Waals surface area (Å²) in [7, 11) is 0. The summed E-state index contributed by atoms with van der Waals surface area (Å²) in [5.41, 5.74) is 0.984. The number of benzene rings is 1. The summed E-state index contributed by atoms with van der Waals surface area (Å²) in [4.78, 5) is 14.3. The lowest BCUT2D eigenvalue weighted by Crippen LogP contribution is -2.42. The molecule has 1 heterocycles. The fourth-order valence-electron chi connectivity index (χ4n) is 3.21. The number of alkyl carbamates (subject to hydrolysis) is 1. The van der Waals surface area contributed by atoms with Gasteiger partial charge in [-0.25, -0.2) is 4.79 Å². The van der Waals surface area contributed by atoms with Gasteiger partial charge < -0.3 is 15.0 Å². The van der Waals surface area contributed by atoms with Crippen molar-refractivity contribution in [3.8, 4) is 0 Å². The molecule has 1 amide bonds. The number of carbonyl (C=O) groups excluding carboxylic acids is 1. The first kappa shape index (κ1) is 18.8. The Hall–Kier alpha value is -1.55. The summed E-state index contributed by atoms with van der Waals surface area (Å²) in [5.74, 6) is 0.531. The fraction of sp³-hybridized carbons (Fsp3) is 0.650. The third kappa shape index (κ3) is 7.35. The molecule has 0 radical (unpaired) electrons. The number of aryl methyl sites for hydroxylation is 1. The van der Waals surface area contributed by atoms with Gasteiger partial charge in [0, 0.05) is 13.1 Å². The number of likely N-dealkylation sites (tertiary alicyclic amines) is 1. The van der Waals surface area contributed by atoms with Gasteiger partial charge in [-0.05, 0) is 71.0 Å². The molecule has 1 aliphatic rings. The molecule has 24 heavy (non-hydrogen) atoms. The second-order valence-electron chi connectivity index (χ2n) is 7.78. The highest BCUT2D eigenvalue weighted by atomic mass is 16.6. The van der Waals surface area contributed by atoms with Crippen molar-refractivity contribution in [2.75, 3.05) is 26.2 Å². The van der Waals surface area contributed by atoms with Gasteiger partial charge in [0.15, 0.2) is 0 Å². The van der Waals surface area contributed by atoms with E-state index in [2.05, 4.69) is 40.5 Å². The van der Waals surface area contributed by atoms with E-state index in [-0.39, 0.29) is 6.09 Å². The van der Waals surface area contributed by atoms with Crippen LogP contribution >= 0.6 is 0 Å². The van der Waals surface area contributed by atoms with Crippen LogP contribution in [0.5, 0.6) is 0 Å². The van der Waals surface area contributed by atoms with Gasteiger partial charge in [0.05, 0.1) is 0 Å². The van der Waals surface area contributed by atoms with Crippen molar-refractivity contribution < 1.29 is 9.53 Å². The monoisotopic (exact) mass is 332 g/mol. The molecule has 1 aliphatic heterocycles. The zero-order valence-electron chi connectivity index (χ0n) is 15.4. The van der Waals surface area contributed by atoms with E-state index >= 15 is 0 Å². The quantitative estimate of drug-likeness (QED) is 0.860. The number of carbonyl (C=O) groups is 1. The topological polar surface area (TPSA) is 41.6 Å². The molecule has 1 unspecified atom stereocenters. The molecule has 4 nitrogen and oxygen atoms in total. The van der Waals surface area contributed by atoms with Crippen molar-refractivity contribution in [1.82, 2.24) is 10.2 Å². The Morgan fingerprint density at radius 2 is 2.04 bits per heavy atom. The Balaban J connectivity index is 1.65. The van der Waals surface area contributed by atoms with E-state index in [0.717, 1.165) is 19.5 Å². The standard InChI is InChI=1S/C20H32N2O2/c1-20(2,3)24-19(23)21-15-18-12-8-14-22(16-18)13-7-11-17-9-5-4-6-10-17/h4-6,9-10,18H,7-8,11-16H2,1-3H3,(H,21,23). The number of ether oxygens (including phenoxy) is 1. The summed E-state index contributed by atoms with van der Waals surface area (Å²) >= 11 is 0. The van der Waals surface area contributed by atoms with Crippen molar-refractivity contribution in [3.63, 3.8) is 0 Å². The summed E-state index contributed by atoms with van der Waals surface area (Å²) in [6, 6.07) is 10.7. The molecule has 1 aromatic rings. The average Bonchev–Trinajstić information content (AvgIpc) is 2.53. The highest BCUT2D eigenvalue weighted by Gasteiger charge is 2.21. The SMILES string of the molecule is CC(C)(C)OC(=O)NCC1CCCN(CCCc2ccccc2)C1. The van der Waals surface area contributed by atoms with Crippen LogP contribution in [0.15, 0.2) is 30.3 Å². The van der Waals surface area contributed by atoms with Gasteiger partial charge in [-0.2, -0.15) is 0 Å². The molecule has 134 valence electrons. The lowest BCUT2D eigenvalue weighted by Gasteiger charge is -2.33. The van der Waals surface area contributed by atoms with E-state index in [0.29, 0.717) is 12.5 Å². The van der Waals surface area contributed by atoms with Crippen LogP contribution in [-0.2, 0) is 11.2 Å². The van der Waals surface area contributed by atoms with Crippen LogP contribution in [0.2, 0.25) is 0 Å². The molecule has 4 heteroatoms. The molecule has 0 spiro atoms. The minimum Gasteiger partial charge on any atom is -0.444 e. The normalized spacial score (nSPS) is 19.0. The third-order valence-corrected chi connectivity index (χ3v) is 4.32. The van der Waals surface area contributed by atoms with Crippen LogP contribution < -0.4 is 5.32 Å². The molecular weight excluding hydrogens is 300 g/mol. The van der Waals surface area contributed by atoms with E-state index in [1.807, 2.05) is 20.8 Å². The molecule has 1 atom stereocenters. The Bertz CT molecular complexity index is 496. The number of hydrogen-bond donors (Lipinski definition) is 1. The van der Waals surface area contributed by atoms with Gasteiger partial charge in [-0.3, -0.25) is 0 Å². The Labute approximate surface area is 146 Å². The largest absolute Gasteiger partial charge is 0.444 e. The number of nitrogens with zero attached hydrogens (tertiary/aromatic N) is 1. The summed E-state index contributed by atoms with van der Waals surface area (Å²) in [6.07, 6.45) is 4.43. The fourth-order valence-corrected chi connectivity index (χ4v) is 3.21. The van der Waals surface area contributed by atoms with E-state index in [1.54, 1.807) is 0 Å². The molecule has 0 saturated carbocycles. The van der Waals surface area contributed by atoms with Gasteiger partial charge in [-0.15, -0.1) is 0 Å². The maximum Gasteiger partial charge on any atom is 0.407 e. The smallest absolute Gasteiger partial charge is 0.407 e. The first-order valence-corrected chi connectivity index (χ1v) is 9.15. The number of hydrogen-bond acceptors (Lipinski definition) is 3. The molecule has 1 fully saturated rings. The van der Waals surface area contributed by atoms with Crippen LogP contribution in [0.25, 0.3) is 0 Å². The molecule has 0 aromatic heterocycles. The molecule has 1 aromatic carbocycles. The number of piperidine rings is 1. The van der Waals surface area contributed by atoms with Crippen LogP contribution in [0, 0.1) is 5.92 Å². The molecule has 1 saturated heterocycles.